The maximum atomic E-state index is 12.8. The van der Waals surface area contributed by atoms with Crippen LogP contribution in [0.4, 0.5) is 16.2 Å². The molecule has 10 heteroatoms. The third-order valence-corrected chi connectivity index (χ3v) is 6.90. The summed E-state index contributed by atoms with van der Waals surface area (Å²) in [5.41, 5.74) is 12.8. The van der Waals surface area contributed by atoms with Gasteiger partial charge in [0.05, 0.1) is 23.6 Å². The quantitative estimate of drug-likeness (QED) is 0.145. The Balaban J connectivity index is 2.59. The number of ether oxygens (including phenoxy) is 2. The van der Waals surface area contributed by atoms with Gasteiger partial charge in [0.15, 0.2) is 0 Å². The molecule has 0 radical (unpaired) electrons. The molecule has 0 fully saturated rings. The van der Waals surface area contributed by atoms with Crippen molar-refractivity contribution in [2.24, 2.45) is 23.5 Å². The summed E-state index contributed by atoms with van der Waals surface area (Å²) in [5, 5.41) is 35.0. The van der Waals surface area contributed by atoms with Gasteiger partial charge in [-0.3, -0.25) is 4.79 Å². The molecule has 0 aromatic heterocycles. The Labute approximate surface area is 224 Å². The first-order chi connectivity index (χ1) is 17.8. The van der Waals surface area contributed by atoms with E-state index in [0.717, 1.165) is 0 Å². The number of aliphatic hydroxyl groups is 1. The minimum Gasteiger partial charge on any atom is -0.506 e. The van der Waals surface area contributed by atoms with Crippen LogP contribution >= 0.6 is 0 Å². The van der Waals surface area contributed by atoms with Gasteiger partial charge < -0.3 is 41.6 Å². The number of carbonyl (C=O) groups excluding carboxylic acids is 2. The zero-order valence-electron chi connectivity index (χ0n) is 22.9. The van der Waals surface area contributed by atoms with E-state index in [-0.39, 0.29) is 47.0 Å². The number of hydrogen-bond acceptors (Lipinski definition) is 8. The van der Waals surface area contributed by atoms with Crippen molar-refractivity contribution in [3.63, 3.8) is 0 Å². The molecule has 0 saturated heterocycles. The summed E-state index contributed by atoms with van der Waals surface area (Å²) in [7, 11) is 1.51. The zero-order chi connectivity index (χ0) is 28.7. The predicted molar refractivity (Wildman–Crippen MR) is 147 cm³/mol. The first-order valence-electron chi connectivity index (χ1n) is 12.6. The molecular weight excluding hydrogens is 490 g/mol. The molecule has 6 atom stereocenters. The number of aromatic hydroxyl groups is 2. The number of anilines is 2. The number of rotatable bonds is 2. The predicted octanol–water partition coefficient (Wildman–Crippen LogP) is 3.76. The lowest BCUT2D eigenvalue weighted by Gasteiger charge is -2.29. The molecule has 2 amide bonds. The van der Waals surface area contributed by atoms with Crippen molar-refractivity contribution in [2.75, 3.05) is 18.2 Å². The highest BCUT2D eigenvalue weighted by Crippen LogP contribution is 2.40. The number of benzene rings is 1. The number of hydrogen-bond donors (Lipinski definition) is 6. The SMILES string of the molecule is CO[C@H]1C[C@H](C)Cc2c(N)c(O)cc(c2O)NC(=O)/C(C)=C/C=C\[C@H](C)[C@@H](OC(N)=O)/C(C)=C/[C@H](C)[C@H]1O. The van der Waals surface area contributed by atoms with Crippen molar-refractivity contribution < 1.29 is 34.4 Å². The van der Waals surface area contributed by atoms with E-state index < -0.39 is 30.3 Å². The molecule has 1 aliphatic rings. The number of nitrogens with one attached hydrogen (secondary N) is 1. The van der Waals surface area contributed by atoms with Gasteiger partial charge in [-0.15, -0.1) is 0 Å². The third kappa shape index (κ3) is 7.75. The van der Waals surface area contributed by atoms with Crippen molar-refractivity contribution in [1.29, 1.82) is 0 Å². The average Bonchev–Trinajstić information content (AvgIpc) is 2.85. The summed E-state index contributed by atoms with van der Waals surface area (Å²) in [5.74, 6) is -1.79. The highest BCUT2D eigenvalue weighted by atomic mass is 16.6. The van der Waals surface area contributed by atoms with Crippen molar-refractivity contribution in [3.05, 3.63) is 47.1 Å². The number of amides is 2. The Kier molecular flexibility index (Phi) is 10.8. The van der Waals surface area contributed by atoms with Crippen molar-refractivity contribution in [1.82, 2.24) is 0 Å². The van der Waals surface area contributed by atoms with Crippen LogP contribution in [0.2, 0.25) is 0 Å². The van der Waals surface area contributed by atoms with Gasteiger partial charge in [-0.25, -0.2) is 4.79 Å². The molecule has 2 rings (SSSR count). The van der Waals surface area contributed by atoms with Gasteiger partial charge in [0, 0.05) is 36.1 Å². The van der Waals surface area contributed by atoms with Crippen LogP contribution in [0.1, 0.15) is 46.6 Å². The topological polar surface area (TPSA) is 177 Å². The molecule has 0 saturated carbocycles. The molecule has 0 aliphatic carbocycles. The van der Waals surface area contributed by atoms with Gasteiger partial charge in [0.25, 0.3) is 5.91 Å². The first kappa shape index (κ1) is 30.7. The molecule has 0 unspecified atom stereocenters. The summed E-state index contributed by atoms with van der Waals surface area (Å²) in [6.07, 6.45) is 4.43. The summed E-state index contributed by atoms with van der Waals surface area (Å²) < 4.78 is 11.0. The number of phenols is 2. The zero-order valence-corrected chi connectivity index (χ0v) is 22.9. The molecule has 1 heterocycles. The van der Waals surface area contributed by atoms with Gasteiger partial charge in [0.1, 0.15) is 17.6 Å². The molecule has 38 heavy (non-hydrogen) atoms. The molecule has 8 N–H and O–H groups in total. The minimum atomic E-state index is -0.923. The second-order valence-corrected chi connectivity index (χ2v) is 10.2. The van der Waals surface area contributed by atoms with Crippen LogP contribution in [0.25, 0.3) is 0 Å². The van der Waals surface area contributed by atoms with Crippen LogP contribution in [-0.4, -0.2) is 52.7 Å². The smallest absolute Gasteiger partial charge is 0.405 e. The largest absolute Gasteiger partial charge is 0.506 e. The number of aliphatic hydroxyl groups excluding tert-OH is 1. The standard InChI is InChI=1S/C28H41N3O7/c1-14-10-19-23(29)21(32)13-20(25(19)34)31-27(35)16(3)9-7-8-15(2)26(38-28(30)36)18(5)12-17(4)24(33)22(11-14)37-6/h7-9,12-15,17,22,24,26,32-34H,10-11,29H2,1-6H3,(H2,30,36)(H,31,35)/b8-7-,16-9+,18-12+/t14-,15+,17+,22+,24-,26-/m1/s1. The number of methoxy groups -OCH3 is 1. The highest BCUT2D eigenvalue weighted by Gasteiger charge is 2.29. The maximum absolute atomic E-state index is 12.8. The van der Waals surface area contributed by atoms with Crippen LogP contribution in [0.5, 0.6) is 11.5 Å². The minimum absolute atomic E-state index is 0.0179. The molecule has 0 spiro atoms. The Morgan fingerprint density at radius 3 is 2.42 bits per heavy atom. The van der Waals surface area contributed by atoms with E-state index in [0.29, 0.717) is 23.1 Å². The molecule has 10 nitrogen and oxygen atoms in total. The number of nitrogens with two attached hydrogens (primary N) is 2. The Morgan fingerprint density at radius 2 is 1.82 bits per heavy atom. The van der Waals surface area contributed by atoms with Crippen molar-refractivity contribution >= 4 is 23.4 Å². The molecule has 1 aromatic rings. The van der Waals surface area contributed by atoms with E-state index in [9.17, 15) is 24.9 Å². The summed E-state index contributed by atoms with van der Waals surface area (Å²) in [4.78, 5) is 24.4. The normalized spacial score (nSPS) is 31.3. The van der Waals surface area contributed by atoms with Crippen molar-refractivity contribution in [3.8, 4) is 11.5 Å². The summed E-state index contributed by atoms with van der Waals surface area (Å²) >= 11 is 0. The van der Waals surface area contributed by atoms with E-state index in [1.54, 1.807) is 32.1 Å². The van der Waals surface area contributed by atoms with E-state index in [4.69, 9.17) is 20.9 Å². The van der Waals surface area contributed by atoms with Gasteiger partial charge in [-0.05, 0) is 38.2 Å². The van der Waals surface area contributed by atoms with Gasteiger partial charge in [-0.2, -0.15) is 0 Å². The monoisotopic (exact) mass is 531 g/mol. The van der Waals surface area contributed by atoms with E-state index in [1.165, 1.54) is 13.2 Å². The van der Waals surface area contributed by atoms with Crippen LogP contribution in [0.15, 0.2) is 41.5 Å². The van der Waals surface area contributed by atoms with Gasteiger partial charge >= 0.3 is 6.09 Å². The lowest BCUT2D eigenvalue weighted by molar-refractivity contribution is -0.112. The lowest BCUT2D eigenvalue weighted by atomic mass is 9.87. The second kappa shape index (κ2) is 13.3. The molecule has 210 valence electrons. The number of primary amides is 1. The van der Waals surface area contributed by atoms with E-state index >= 15 is 0 Å². The van der Waals surface area contributed by atoms with Crippen LogP contribution in [-0.2, 0) is 20.7 Å². The van der Waals surface area contributed by atoms with Gasteiger partial charge in [0.2, 0.25) is 0 Å². The van der Waals surface area contributed by atoms with E-state index in [2.05, 4.69) is 5.32 Å². The maximum Gasteiger partial charge on any atom is 0.405 e. The van der Waals surface area contributed by atoms with Crippen LogP contribution in [0, 0.1) is 17.8 Å². The summed E-state index contributed by atoms with van der Waals surface area (Å²) in [6.45, 7) is 8.98. The Morgan fingerprint density at radius 1 is 1.16 bits per heavy atom. The Bertz CT molecular complexity index is 1110. The van der Waals surface area contributed by atoms with E-state index in [1.807, 2.05) is 26.8 Å². The first-order valence-corrected chi connectivity index (χ1v) is 12.6. The fourth-order valence-electron chi connectivity index (χ4n) is 4.69. The molecule has 1 aromatic carbocycles. The number of allylic oxidation sites excluding steroid dienone is 2. The number of carbonyl (C=O) groups is 2. The van der Waals surface area contributed by atoms with Crippen LogP contribution < -0.4 is 16.8 Å². The summed E-state index contributed by atoms with van der Waals surface area (Å²) in [6, 6.07) is 1.20. The fraction of sp³-hybridized carbons (Fsp3) is 0.500. The average molecular weight is 532 g/mol. The number of fused-ring (bicyclic) bond motifs is 2. The molecule has 2 bridgehead atoms. The molecule has 1 aliphatic heterocycles. The molecular formula is C28H41N3O7. The third-order valence-electron chi connectivity index (χ3n) is 6.90. The number of phenolic OH excluding ortho intramolecular Hbond substituents is 2. The number of nitrogen functional groups attached to an aromatic ring is 1. The highest BCUT2D eigenvalue weighted by molar-refractivity contribution is 6.04. The van der Waals surface area contributed by atoms with Crippen LogP contribution in [0.3, 0.4) is 0 Å². The van der Waals surface area contributed by atoms with Crippen molar-refractivity contribution in [2.45, 2.75) is 65.8 Å². The Hall–Kier alpha value is -3.50. The fourth-order valence-corrected chi connectivity index (χ4v) is 4.69. The van der Waals surface area contributed by atoms with Gasteiger partial charge in [-0.1, -0.05) is 45.1 Å². The second-order valence-electron chi connectivity index (χ2n) is 10.2. The lowest BCUT2D eigenvalue weighted by Crippen LogP contribution is -2.35.